The lowest BCUT2D eigenvalue weighted by Crippen LogP contribution is -1.95. The van der Waals surface area contributed by atoms with Gasteiger partial charge in [-0.3, -0.25) is 9.36 Å². The fraction of sp³-hybridized carbons (Fsp3) is 0.222. The van der Waals surface area contributed by atoms with Crippen LogP contribution in [0.15, 0.2) is 12.3 Å². The molecule has 15 heavy (non-hydrogen) atoms. The smallest absolute Gasteiger partial charge is 0.145 e. The summed E-state index contributed by atoms with van der Waals surface area (Å²) in [7, 11) is 3.49. The number of nitrogens with zero attached hydrogens (tertiary/aromatic N) is 5. The summed E-state index contributed by atoms with van der Waals surface area (Å²) in [4.78, 5) is 0. The van der Waals surface area contributed by atoms with Crippen molar-refractivity contribution < 1.29 is 0 Å². The van der Waals surface area contributed by atoms with Gasteiger partial charge in [0.1, 0.15) is 22.5 Å². The Bertz CT molecular complexity index is 545. The van der Waals surface area contributed by atoms with Crippen LogP contribution in [0.2, 0.25) is 5.15 Å². The Balaban J connectivity index is 2.70. The Morgan fingerprint density at radius 3 is 2.67 bits per heavy atom. The van der Waals surface area contributed by atoms with Crippen molar-refractivity contribution in [1.29, 1.82) is 5.26 Å². The maximum atomic E-state index is 8.98. The fourth-order valence-electron chi connectivity index (χ4n) is 1.39. The molecule has 0 radical (unpaired) electrons. The number of hydrogen-bond acceptors (Lipinski definition) is 3. The molecule has 0 N–H and O–H groups in total. The van der Waals surface area contributed by atoms with Crippen molar-refractivity contribution in [3.05, 3.63) is 23.0 Å². The third-order valence-electron chi connectivity index (χ3n) is 2.15. The first kappa shape index (κ1) is 9.74. The molecule has 0 spiro atoms. The molecule has 6 heteroatoms. The zero-order valence-corrected chi connectivity index (χ0v) is 9.02. The minimum Gasteiger partial charge on any atom is -0.266 e. The van der Waals surface area contributed by atoms with Gasteiger partial charge >= 0.3 is 0 Å². The average Bonchev–Trinajstić information content (AvgIpc) is 2.73. The van der Waals surface area contributed by atoms with E-state index in [4.69, 9.17) is 16.9 Å². The van der Waals surface area contributed by atoms with E-state index in [1.165, 1.54) is 4.68 Å². The minimum atomic E-state index is 0.341. The summed E-state index contributed by atoms with van der Waals surface area (Å²) in [5.74, 6) is 0. The molecule has 0 amide bonds. The second-order valence-corrected chi connectivity index (χ2v) is 3.45. The van der Waals surface area contributed by atoms with E-state index in [9.17, 15) is 0 Å². The van der Waals surface area contributed by atoms with E-state index < -0.39 is 0 Å². The maximum absolute atomic E-state index is 8.98. The van der Waals surface area contributed by atoms with Crippen LogP contribution in [0, 0.1) is 11.3 Å². The van der Waals surface area contributed by atoms with Crippen LogP contribution in [0.5, 0.6) is 0 Å². The second kappa shape index (κ2) is 3.41. The summed E-state index contributed by atoms with van der Waals surface area (Å²) in [6.07, 6.45) is 1.65. The molecule has 2 aromatic rings. The van der Waals surface area contributed by atoms with Gasteiger partial charge in [-0.05, 0) is 6.07 Å². The predicted octanol–water partition coefficient (Wildman–Crippen LogP) is 1.35. The van der Waals surface area contributed by atoms with Gasteiger partial charge in [-0.25, -0.2) is 0 Å². The van der Waals surface area contributed by atoms with Crippen LogP contribution < -0.4 is 0 Å². The van der Waals surface area contributed by atoms with Crippen molar-refractivity contribution in [3.63, 3.8) is 0 Å². The Hall–Kier alpha value is -1.80. The van der Waals surface area contributed by atoms with Crippen LogP contribution in [0.4, 0.5) is 0 Å². The molecule has 0 atom stereocenters. The lowest BCUT2D eigenvalue weighted by atomic mass is 10.2. The lowest BCUT2D eigenvalue weighted by Gasteiger charge is -1.96. The summed E-state index contributed by atoms with van der Waals surface area (Å²) < 4.78 is 3.13. The molecule has 0 saturated heterocycles. The number of hydrogen-bond donors (Lipinski definition) is 0. The van der Waals surface area contributed by atoms with Gasteiger partial charge in [-0.2, -0.15) is 15.5 Å². The van der Waals surface area contributed by atoms with E-state index in [1.807, 2.05) is 6.07 Å². The highest BCUT2D eigenvalue weighted by Crippen LogP contribution is 2.26. The molecule has 0 bridgehead atoms. The largest absolute Gasteiger partial charge is 0.266 e. The zero-order chi connectivity index (χ0) is 11.0. The highest BCUT2D eigenvalue weighted by molar-refractivity contribution is 6.31. The van der Waals surface area contributed by atoms with Gasteiger partial charge in [0.2, 0.25) is 0 Å². The van der Waals surface area contributed by atoms with E-state index in [1.54, 1.807) is 31.0 Å². The Kier molecular flexibility index (Phi) is 2.21. The lowest BCUT2D eigenvalue weighted by molar-refractivity contribution is 0.750. The SMILES string of the molecule is Cn1nccc1-c1nn(C)c(Cl)c1C#N. The minimum absolute atomic E-state index is 0.341. The van der Waals surface area contributed by atoms with Crippen molar-refractivity contribution in [1.82, 2.24) is 19.6 Å². The summed E-state index contributed by atoms with van der Waals surface area (Å²) in [5.41, 5.74) is 1.71. The number of nitriles is 1. The molecule has 0 aliphatic heterocycles. The van der Waals surface area contributed by atoms with E-state index >= 15 is 0 Å². The average molecular weight is 222 g/mol. The van der Waals surface area contributed by atoms with Crippen molar-refractivity contribution in [3.8, 4) is 17.5 Å². The first-order valence-electron chi connectivity index (χ1n) is 4.26. The normalized spacial score (nSPS) is 10.3. The van der Waals surface area contributed by atoms with Crippen molar-refractivity contribution >= 4 is 11.6 Å². The number of rotatable bonds is 1. The van der Waals surface area contributed by atoms with Crippen molar-refractivity contribution in [2.75, 3.05) is 0 Å². The van der Waals surface area contributed by atoms with Gasteiger partial charge in [0.05, 0.1) is 5.69 Å². The monoisotopic (exact) mass is 221 g/mol. The van der Waals surface area contributed by atoms with Gasteiger partial charge in [0.15, 0.2) is 0 Å². The Morgan fingerprint density at radius 1 is 1.40 bits per heavy atom. The molecule has 76 valence electrons. The van der Waals surface area contributed by atoms with Gasteiger partial charge < -0.3 is 0 Å². The third-order valence-corrected chi connectivity index (χ3v) is 2.59. The summed E-state index contributed by atoms with van der Waals surface area (Å²) >= 11 is 5.93. The Labute approximate surface area is 91.5 Å². The molecule has 0 unspecified atom stereocenters. The topological polar surface area (TPSA) is 59.4 Å². The van der Waals surface area contributed by atoms with E-state index in [0.29, 0.717) is 16.4 Å². The molecular weight excluding hydrogens is 214 g/mol. The molecule has 0 aliphatic carbocycles. The maximum Gasteiger partial charge on any atom is 0.145 e. The molecule has 5 nitrogen and oxygen atoms in total. The molecule has 0 fully saturated rings. The standard InChI is InChI=1S/C9H8ClN5/c1-14-7(3-4-12-14)8-6(5-11)9(10)15(2)13-8/h3-4H,1-2H3. The molecule has 0 aromatic carbocycles. The first-order valence-corrected chi connectivity index (χ1v) is 4.64. The highest BCUT2D eigenvalue weighted by Gasteiger charge is 2.17. The number of aromatic nitrogens is 4. The van der Waals surface area contributed by atoms with E-state index in [-0.39, 0.29) is 0 Å². The van der Waals surface area contributed by atoms with Crippen LogP contribution in [0.1, 0.15) is 5.56 Å². The quantitative estimate of drug-likeness (QED) is 0.730. The van der Waals surface area contributed by atoms with E-state index in [2.05, 4.69) is 10.2 Å². The Morgan fingerprint density at radius 2 is 2.13 bits per heavy atom. The summed E-state index contributed by atoms with van der Waals surface area (Å²) in [6, 6.07) is 3.83. The molecule has 2 heterocycles. The van der Waals surface area contributed by atoms with Gasteiger partial charge in [0.25, 0.3) is 0 Å². The van der Waals surface area contributed by atoms with Crippen LogP contribution in [0.3, 0.4) is 0 Å². The van der Waals surface area contributed by atoms with Gasteiger partial charge in [-0.15, -0.1) is 0 Å². The summed E-state index contributed by atoms with van der Waals surface area (Å²) in [6.45, 7) is 0. The fourth-order valence-corrected chi connectivity index (χ4v) is 1.56. The van der Waals surface area contributed by atoms with Gasteiger partial charge in [-0.1, -0.05) is 11.6 Å². The molecule has 0 saturated carbocycles. The second-order valence-electron chi connectivity index (χ2n) is 3.09. The van der Waals surface area contributed by atoms with Crippen molar-refractivity contribution in [2.45, 2.75) is 0 Å². The predicted molar refractivity (Wildman–Crippen MR) is 55.1 cm³/mol. The molecule has 0 aliphatic rings. The van der Waals surface area contributed by atoms with Crippen LogP contribution >= 0.6 is 11.6 Å². The molecule has 2 rings (SSSR count). The molecular formula is C9H8ClN5. The highest BCUT2D eigenvalue weighted by atomic mass is 35.5. The third kappa shape index (κ3) is 1.39. The van der Waals surface area contributed by atoms with Crippen LogP contribution in [-0.2, 0) is 14.1 Å². The van der Waals surface area contributed by atoms with E-state index in [0.717, 1.165) is 5.69 Å². The first-order chi connectivity index (χ1) is 7.15. The molecule has 2 aromatic heterocycles. The van der Waals surface area contributed by atoms with Crippen LogP contribution in [0.25, 0.3) is 11.4 Å². The number of aryl methyl sites for hydroxylation is 2. The van der Waals surface area contributed by atoms with Crippen molar-refractivity contribution in [2.24, 2.45) is 14.1 Å². The summed E-state index contributed by atoms with van der Waals surface area (Å²) in [5, 5.41) is 17.5. The van der Waals surface area contributed by atoms with Gasteiger partial charge in [0, 0.05) is 20.3 Å². The van der Waals surface area contributed by atoms with Crippen LogP contribution in [-0.4, -0.2) is 19.6 Å². The number of halogens is 1. The zero-order valence-electron chi connectivity index (χ0n) is 8.27.